The smallest absolute Gasteiger partial charge is 0.318 e. The summed E-state index contributed by atoms with van der Waals surface area (Å²) >= 11 is 0. The molecule has 1 heterocycles. The Bertz CT molecular complexity index is 1040. The van der Waals surface area contributed by atoms with Crippen LogP contribution in [0.4, 0.5) is 10.5 Å². The summed E-state index contributed by atoms with van der Waals surface area (Å²) in [5.41, 5.74) is 5.37. The highest BCUT2D eigenvalue weighted by atomic mass is 16.2. The summed E-state index contributed by atoms with van der Waals surface area (Å²) in [4.78, 5) is 29.5. The molecule has 1 aliphatic heterocycles. The number of amides is 3. The Kier molecular flexibility index (Phi) is 6.55. The number of hydrogen-bond donors (Lipinski definition) is 1. The molecule has 0 spiro atoms. The summed E-state index contributed by atoms with van der Waals surface area (Å²) in [7, 11) is 0. The fourth-order valence-electron chi connectivity index (χ4n) is 4.02. The van der Waals surface area contributed by atoms with Crippen LogP contribution >= 0.6 is 0 Å². The van der Waals surface area contributed by atoms with Gasteiger partial charge in [0.2, 0.25) is 5.91 Å². The van der Waals surface area contributed by atoms with Crippen LogP contribution in [0.5, 0.6) is 0 Å². The van der Waals surface area contributed by atoms with E-state index in [4.69, 9.17) is 0 Å². The van der Waals surface area contributed by atoms with Crippen molar-refractivity contribution in [2.45, 2.75) is 39.4 Å². The normalized spacial score (nSPS) is 15.6. The fourth-order valence-corrected chi connectivity index (χ4v) is 4.02. The highest BCUT2D eigenvalue weighted by Gasteiger charge is 2.32. The largest absolute Gasteiger partial charge is 0.333 e. The van der Waals surface area contributed by atoms with E-state index in [9.17, 15) is 9.59 Å². The Morgan fingerprint density at radius 2 is 1.50 bits per heavy atom. The van der Waals surface area contributed by atoms with Crippen LogP contribution in [0.1, 0.15) is 28.7 Å². The maximum absolute atomic E-state index is 13.2. The molecule has 4 rings (SSSR count). The second-order valence-electron chi connectivity index (χ2n) is 8.45. The van der Waals surface area contributed by atoms with Gasteiger partial charge in [-0.2, -0.15) is 0 Å². The third-order valence-electron chi connectivity index (χ3n) is 5.97. The summed E-state index contributed by atoms with van der Waals surface area (Å²) in [6, 6.07) is 25.6. The summed E-state index contributed by atoms with van der Waals surface area (Å²) in [5, 5.41) is 3.10. The van der Waals surface area contributed by atoms with E-state index < -0.39 is 0 Å². The van der Waals surface area contributed by atoms with E-state index in [1.54, 1.807) is 9.80 Å². The van der Waals surface area contributed by atoms with Crippen LogP contribution in [-0.2, 0) is 17.9 Å². The number of nitrogens with zero attached hydrogens (tertiary/aromatic N) is 2. The molecule has 0 aliphatic carbocycles. The molecule has 3 aromatic carbocycles. The number of benzene rings is 3. The Hall–Kier alpha value is -3.60. The summed E-state index contributed by atoms with van der Waals surface area (Å²) in [6.45, 7) is 5.59. The number of rotatable bonds is 6. The fraction of sp³-hybridized carbons (Fsp3) is 0.259. The molecule has 1 saturated heterocycles. The Morgan fingerprint density at radius 3 is 2.06 bits per heavy atom. The third kappa shape index (κ3) is 5.17. The van der Waals surface area contributed by atoms with Crippen molar-refractivity contribution in [2.75, 3.05) is 11.4 Å². The molecule has 5 nitrogen and oxygen atoms in total. The quantitative estimate of drug-likeness (QED) is 0.613. The van der Waals surface area contributed by atoms with E-state index in [1.807, 2.05) is 85.8 Å². The molecule has 1 fully saturated rings. The van der Waals surface area contributed by atoms with Crippen LogP contribution in [0.2, 0.25) is 0 Å². The molecular weight excluding hydrogens is 398 g/mol. The summed E-state index contributed by atoms with van der Waals surface area (Å²) in [6.07, 6.45) is 0.309. The average molecular weight is 428 g/mol. The van der Waals surface area contributed by atoms with E-state index in [-0.39, 0.29) is 18.0 Å². The zero-order chi connectivity index (χ0) is 22.5. The first-order valence-corrected chi connectivity index (χ1v) is 11.0. The van der Waals surface area contributed by atoms with Gasteiger partial charge in [-0.25, -0.2) is 4.79 Å². The molecule has 0 radical (unpaired) electrons. The molecule has 1 unspecified atom stereocenters. The average Bonchev–Trinajstić information content (AvgIpc) is 3.16. The predicted molar refractivity (Wildman–Crippen MR) is 127 cm³/mol. The second kappa shape index (κ2) is 9.69. The Balaban J connectivity index is 1.46. The topological polar surface area (TPSA) is 52.7 Å². The highest BCUT2D eigenvalue weighted by molar-refractivity contribution is 5.97. The van der Waals surface area contributed by atoms with Crippen LogP contribution < -0.4 is 10.2 Å². The van der Waals surface area contributed by atoms with Gasteiger partial charge in [0.15, 0.2) is 0 Å². The van der Waals surface area contributed by atoms with E-state index in [0.717, 1.165) is 22.4 Å². The molecule has 1 atom stereocenters. The number of aryl methyl sites for hydroxylation is 2. The lowest BCUT2D eigenvalue weighted by Crippen LogP contribution is -2.45. The van der Waals surface area contributed by atoms with Gasteiger partial charge in [0, 0.05) is 31.7 Å². The van der Waals surface area contributed by atoms with Gasteiger partial charge >= 0.3 is 6.03 Å². The molecule has 32 heavy (non-hydrogen) atoms. The lowest BCUT2D eigenvalue weighted by atomic mass is 10.1. The number of nitrogens with one attached hydrogen (secondary N) is 1. The van der Waals surface area contributed by atoms with Crippen LogP contribution in [0, 0.1) is 13.8 Å². The van der Waals surface area contributed by atoms with Crippen molar-refractivity contribution in [3.05, 3.63) is 101 Å². The number of hydrogen-bond acceptors (Lipinski definition) is 2. The molecule has 5 heteroatoms. The molecule has 3 amide bonds. The zero-order valence-corrected chi connectivity index (χ0v) is 18.6. The maximum atomic E-state index is 13.2. The predicted octanol–water partition coefficient (Wildman–Crippen LogP) is 4.82. The van der Waals surface area contributed by atoms with Crippen LogP contribution in [0.15, 0.2) is 78.9 Å². The standard InChI is InChI=1S/C27H29N3O2/c1-20-13-14-25(15-21(20)2)30-19-24(16-26(30)31)28-27(32)29(17-22-9-5-3-6-10-22)18-23-11-7-4-8-12-23/h3-15,24H,16-19H2,1-2H3,(H,28,32). The van der Waals surface area contributed by atoms with Crippen LogP contribution in [0.3, 0.4) is 0 Å². The van der Waals surface area contributed by atoms with Gasteiger partial charge in [-0.15, -0.1) is 0 Å². The van der Waals surface area contributed by atoms with E-state index >= 15 is 0 Å². The Labute approximate surface area is 189 Å². The molecule has 0 aromatic heterocycles. The van der Waals surface area contributed by atoms with Crippen molar-refractivity contribution in [3.8, 4) is 0 Å². The molecule has 0 saturated carbocycles. The number of carbonyl (C=O) groups excluding carboxylic acids is 2. The van der Waals surface area contributed by atoms with Crippen molar-refractivity contribution in [1.82, 2.24) is 10.2 Å². The summed E-state index contributed by atoms with van der Waals surface area (Å²) < 4.78 is 0. The van der Waals surface area contributed by atoms with Gasteiger partial charge in [-0.1, -0.05) is 66.7 Å². The minimum absolute atomic E-state index is 0.0382. The van der Waals surface area contributed by atoms with Crippen molar-refractivity contribution in [3.63, 3.8) is 0 Å². The monoisotopic (exact) mass is 427 g/mol. The lowest BCUT2D eigenvalue weighted by molar-refractivity contribution is -0.117. The second-order valence-corrected chi connectivity index (χ2v) is 8.45. The Morgan fingerprint density at radius 1 is 0.906 bits per heavy atom. The molecule has 1 N–H and O–H groups in total. The first-order valence-electron chi connectivity index (χ1n) is 11.0. The minimum atomic E-state index is -0.217. The SMILES string of the molecule is Cc1ccc(N2CC(NC(=O)N(Cc3ccccc3)Cc3ccccc3)CC2=O)cc1C. The number of anilines is 1. The maximum Gasteiger partial charge on any atom is 0.318 e. The summed E-state index contributed by atoms with van der Waals surface area (Å²) in [5.74, 6) is 0.0382. The van der Waals surface area contributed by atoms with Gasteiger partial charge in [0.25, 0.3) is 0 Å². The van der Waals surface area contributed by atoms with Gasteiger partial charge in [0.1, 0.15) is 0 Å². The van der Waals surface area contributed by atoms with Crippen molar-refractivity contribution >= 4 is 17.6 Å². The van der Waals surface area contributed by atoms with Crippen molar-refractivity contribution in [2.24, 2.45) is 0 Å². The van der Waals surface area contributed by atoms with Crippen molar-refractivity contribution in [1.29, 1.82) is 0 Å². The number of carbonyl (C=O) groups is 2. The van der Waals surface area contributed by atoms with Crippen LogP contribution in [-0.4, -0.2) is 29.4 Å². The first-order chi connectivity index (χ1) is 15.5. The van der Waals surface area contributed by atoms with Crippen molar-refractivity contribution < 1.29 is 9.59 Å². The molecule has 0 bridgehead atoms. The van der Waals surface area contributed by atoms with Crippen LogP contribution in [0.25, 0.3) is 0 Å². The van der Waals surface area contributed by atoms with E-state index in [2.05, 4.69) is 12.2 Å². The zero-order valence-electron chi connectivity index (χ0n) is 18.6. The van der Waals surface area contributed by atoms with Gasteiger partial charge < -0.3 is 15.1 Å². The first kappa shape index (κ1) is 21.6. The highest BCUT2D eigenvalue weighted by Crippen LogP contribution is 2.24. The van der Waals surface area contributed by atoms with E-state index in [1.165, 1.54) is 5.56 Å². The molecular formula is C27H29N3O2. The minimum Gasteiger partial charge on any atom is -0.333 e. The number of urea groups is 1. The molecule has 3 aromatic rings. The van der Waals surface area contributed by atoms with Gasteiger partial charge in [0.05, 0.1) is 6.04 Å². The molecule has 1 aliphatic rings. The molecule has 164 valence electrons. The third-order valence-corrected chi connectivity index (χ3v) is 5.97. The lowest BCUT2D eigenvalue weighted by Gasteiger charge is -2.25. The van der Waals surface area contributed by atoms with Gasteiger partial charge in [-0.3, -0.25) is 4.79 Å². The van der Waals surface area contributed by atoms with Gasteiger partial charge in [-0.05, 0) is 48.2 Å². The van der Waals surface area contributed by atoms with E-state index in [0.29, 0.717) is 26.1 Å².